The lowest BCUT2D eigenvalue weighted by atomic mass is 9.85. The Balaban J connectivity index is 1.25. The highest BCUT2D eigenvalue weighted by atomic mass is 32.2. The molecule has 3 heterocycles. The van der Waals surface area contributed by atoms with Gasteiger partial charge in [-0.05, 0) is 55.7 Å². The first kappa shape index (κ1) is 39.6. The number of para-hydroxylation sites is 2. The fourth-order valence-electron chi connectivity index (χ4n) is 7.18. The summed E-state index contributed by atoms with van der Waals surface area (Å²) in [6.45, 7) is 4.21. The number of carbonyl (C=O) groups excluding carboxylic acids is 4. The molecule has 304 valence electrons. The van der Waals surface area contributed by atoms with Gasteiger partial charge in [0.25, 0.3) is 5.91 Å². The quantitative estimate of drug-likeness (QED) is 0.287. The highest BCUT2D eigenvalue weighted by molar-refractivity contribution is 7.91. The molecule has 0 spiro atoms. The normalized spacial score (nSPS) is 31.3. The minimum absolute atomic E-state index is 0.130. The summed E-state index contributed by atoms with van der Waals surface area (Å²) in [6.07, 6.45) is -4.60. The molecule has 7 atom stereocenters. The zero-order valence-electron chi connectivity index (χ0n) is 30.7. The number of nitrogens with zero attached hydrogens (tertiary/aromatic N) is 3. The number of hydrogen-bond acceptors (Lipinski definition) is 11. The number of aromatic nitrogens is 2. The number of alkyl halides is 4. The van der Waals surface area contributed by atoms with Crippen molar-refractivity contribution < 1.29 is 59.4 Å². The molecular formula is C36H42F4N6O9S. The number of halogens is 4. The molecule has 0 radical (unpaired) electrons. The minimum Gasteiger partial charge on any atom is -0.471 e. The van der Waals surface area contributed by atoms with Gasteiger partial charge in [-0.15, -0.1) is 0 Å². The Labute approximate surface area is 319 Å². The van der Waals surface area contributed by atoms with Crippen molar-refractivity contribution in [3.63, 3.8) is 0 Å². The van der Waals surface area contributed by atoms with Crippen molar-refractivity contribution in [2.24, 2.45) is 11.3 Å². The van der Waals surface area contributed by atoms with Crippen LogP contribution in [0.4, 0.5) is 22.4 Å². The first-order chi connectivity index (χ1) is 26.3. The van der Waals surface area contributed by atoms with E-state index >= 15 is 8.78 Å². The van der Waals surface area contributed by atoms with E-state index in [9.17, 15) is 36.4 Å². The molecule has 5 aliphatic rings. The number of allylic oxidation sites excluding steroid dienone is 1. The lowest BCUT2D eigenvalue weighted by Gasteiger charge is -2.38. The lowest BCUT2D eigenvalue weighted by molar-refractivity contribution is -0.143. The van der Waals surface area contributed by atoms with E-state index in [0.29, 0.717) is 18.9 Å². The SMILES string of the molecule is CC(C)(C)[C@@H]1NC(=O)O[C@@H]2CC[C@H]2OC/C=C/C(F)(F)c2nc3ccccc3nc2O[C@@H]2C[C@@H](C(=O)N[C@@]3(C(=O)NS(=O)(=O)C4CC4)C[C@H]3C(F)F)N(C2)C1=O. The second-order valence-electron chi connectivity index (χ2n) is 16.0. The number of amides is 4. The molecule has 4 fully saturated rings. The molecule has 3 saturated carbocycles. The van der Waals surface area contributed by atoms with E-state index in [0.717, 1.165) is 11.0 Å². The zero-order chi connectivity index (χ0) is 40.4. The summed E-state index contributed by atoms with van der Waals surface area (Å²) in [5.41, 5.74) is -3.89. The monoisotopic (exact) mass is 810 g/mol. The van der Waals surface area contributed by atoms with Crippen molar-refractivity contribution in [3.8, 4) is 5.88 Å². The molecule has 2 bridgehead atoms. The van der Waals surface area contributed by atoms with Gasteiger partial charge in [-0.2, -0.15) is 8.78 Å². The average Bonchev–Trinajstić information content (AvgIpc) is 4.04. The van der Waals surface area contributed by atoms with Crippen molar-refractivity contribution in [3.05, 3.63) is 42.1 Å². The van der Waals surface area contributed by atoms with Gasteiger partial charge in [-0.3, -0.25) is 19.1 Å². The van der Waals surface area contributed by atoms with Gasteiger partial charge in [-0.25, -0.2) is 32.0 Å². The second-order valence-corrected chi connectivity index (χ2v) is 18.0. The van der Waals surface area contributed by atoms with Crippen LogP contribution in [-0.4, -0.2) is 108 Å². The first-order valence-corrected chi connectivity index (χ1v) is 19.9. The Morgan fingerprint density at radius 3 is 2.30 bits per heavy atom. The van der Waals surface area contributed by atoms with Crippen LogP contribution in [0.2, 0.25) is 0 Å². The molecule has 56 heavy (non-hydrogen) atoms. The van der Waals surface area contributed by atoms with Crippen LogP contribution >= 0.6 is 0 Å². The number of alkyl carbamates (subject to hydrolysis) is 1. The number of benzene rings is 1. The van der Waals surface area contributed by atoms with Crippen molar-refractivity contribution in [1.82, 2.24) is 30.2 Å². The Morgan fingerprint density at radius 2 is 1.70 bits per heavy atom. The van der Waals surface area contributed by atoms with E-state index < -0.39 is 130 Å². The van der Waals surface area contributed by atoms with Gasteiger partial charge in [0.2, 0.25) is 34.1 Å². The molecule has 7 rings (SSSR count). The number of fused-ring (bicyclic) bond motifs is 5. The Morgan fingerprint density at radius 1 is 1.02 bits per heavy atom. The summed E-state index contributed by atoms with van der Waals surface area (Å²) in [5.74, 6) is -9.41. The average molecular weight is 811 g/mol. The Bertz CT molecular complexity index is 2060. The Hall–Kier alpha value is -4.59. The van der Waals surface area contributed by atoms with Gasteiger partial charge < -0.3 is 29.7 Å². The summed E-state index contributed by atoms with van der Waals surface area (Å²) >= 11 is 0. The smallest absolute Gasteiger partial charge is 0.408 e. The van der Waals surface area contributed by atoms with Crippen molar-refractivity contribution in [2.75, 3.05) is 13.2 Å². The van der Waals surface area contributed by atoms with E-state index in [2.05, 4.69) is 20.6 Å². The number of ether oxygens (including phenoxy) is 3. The van der Waals surface area contributed by atoms with Gasteiger partial charge in [0.05, 0.1) is 41.5 Å². The predicted molar refractivity (Wildman–Crippen MR) is 188 cm³/mol. The van der Waals surface area contributed by atoms with Crippen LogP contribution in [0.5, 0.6) is 5.88 Å². The van der Waals surface area contributed by atoms with Crippen LogP contribution in [0, 0.1) is 11.3 Å². The number of nitrogens with one attached hydrogen (secondary N) is 3. The molecule has 1 saturated heterocycles. The predicted octanol–water partition coefficient (Wildman–Crippen LogP) is 3.08. The van der Waals surface area contributed by atoms with Crippen LogP contribution in [0.1, 0.15) is 65.0 Å². The summed E-state index contributed by atoms with van der Waals surface area (Å²) < 4.78 is 105. The molecule has 15 nitrogen and oxygen atoms in total. The third-order valence-corrected chi connectivity index (χ3v) is 12.6. The van der Waals surface area contributed by atoms with E-state index in [1.54, 1.807) is 32.9 Å². The molecule has 3 aliphatic carbocycles. The molecule has 0 unspecified atom stereocenters. The molecule has 20 heteroatoms. The van der Waals surface area contributed by atoms with Gasteiger partial charge >= 0.3 is 12.0 Å². The van der Waals surface area contributed by atoms with E-state index in [1.165, 1.54) is 12.1 Å². The fourth-order valence-corrected chi connectivity index (χ4v) is 8.54. The third kappa shape index (κ3) is 7.86. The van der Waals surface area contributed by atoms with Gasteiger partial charge in [0, 0.05) is 6.42 Å². The third-order valence-electron chi connectivity index (χ3n) is 10.8. The van der Waals surface area contributed by atoms with Gasteiger partial charge in [0.15, 0.2) is 5.69 Å². The van der Waals surface area contributed by atoms with E-state index in [4.69, 9.17) is 14.2 Å². The van der Waals surface area contributed by atoms with E-state index in [1.807, 2.05) is 4.72 Å². The first-order valence-electron chi connectivity index (χ1n) is 18.3. The lowest BCUT2D eigenvalue weighted by Crippen LogP contribution is -2.60. The van der Waals surface area contributed by atoms with Gasteiger partial charge in [-0.1, -0.05) is 39.0 Å². The second kappa shape index (κ2) is 14.4. The van der Waals surface area contributed by atoms with Crippen molar-refractivity contribution >= 4 is 44.9 Å². The Kier molecular flexibility index (Phi) is 10.2. The summed E-state index contributed by atoms with van der Waals surface area (Å²) in [7, 11) is -4.20. The van der Waals surface area contributed by atoms with E-state index in [-0.39, 0.29) is 30.5 Å². The fraction of sp³-hybridized carbons (Fsp3) is 0.611. The van der Waals surface area contributed by atoms with Crippen LogP contribution in [0.15, 0.2) is 36.4 Å². The highest BCUT2D eigenvalue weighted by Gasteiger charge is 2.67. The molecule has 1 aromatic carbocycles. The summed E-state index contributed by atoms with van der Waals surface area (Å²) in [6, 6.07) is 3.27. The van der Waals surface area contributed by atoms with Crippen LogP contribution in [0.3, 0.4) is 0 Å². The molecule has 4 amide bonds. The van der Waals surface area contributed by atoms with Crippen LogP contribution < -0.4 is 20.1 Å². The topological polar surface area (TPSA) is 195 Å². The molecule has 2 aliphatic heterocycles. The number of hydrogen-bond donors (Lipinski definition) is 3. The molecule has 3 N–H and O–H groups in total. The largest absolute Gasteiger partial charge is 0.471 e. The zero-order valence-corrected chi connectivity index (χ0v) is 31.5. The van der Waals surface area contributed by atoms with Crippen molar-refractivity contribution in [2.45, 2.75) is 113 Å². The summed E-state index contributed by atoms with van der Waals surface area (Å²) in [5, 5.41) is 4.02. The molecular weight excluding hydrogens is 768 g/mol. The van der Waals surface area contributed by atoms with Crippen LogP contribution in [0.25, 0.3) is 11.0 Å². The van der Waals surface area contributed by atoms with Crippen LogP contribution in [-0.2, 0) is 39.8 Å². The number of rotatable bonds is 6. The standard InChI is InChI=1S/C36H42F4N6O9S/c1-34(2,3)27-31(48)46-17-18(15-23(46)29(47)44-35(16-20(35)28(37)38)32(49)45-56(51,52)19-9-10-19)54-30-26(41-21-7-4-5-8-22(21)42-30)36(39,40)13-6-14-53-24-11-12-25(24)55-33(50)43-27/h4-8,13,18-20,23-25,27-28H,9-12,14-17H2,1-3H3,(H,43,50)(H,44,47)(H,45,49)/b13-6+/t18-,20+,23+,24-,25-,27-,35+/m1/s1. The minimum atomic E-state index is -4.20. The molecule has 2 aromatic rings. The maximum Gasteiger partial charge on any atom is 0.408 e. The van der Waals surface area contributed by atoms with Crippen molar-refractivity contribution in [1.29, 1.82) is 0 Å². The van der Waals surface area contributed by atoms with Gasteiger partial charge in [0.1, 0.15) is 29.8 Å². The maximum absolute atomic E-state index is 16.0. The summed E-state index contributed by atoms with van der Waals surface area (Å²) in [4.78, 5) is 64.7. The number of carbonyl (C=O) groups is 4. The number of sulfonamides is 1. The maximum atomic E-state index is 16.0. The highest BCUT2D eigenvalue weighted by Crippen LogP contribution is 2.48. The molecule has 1 aromatic heterocycles.